The van der Waals surface area contributed by atoms with E-state index in [0.29, 0.717) is 11.6 Å². The van der Waals surface area contributed by atoms with Gasteiger partial charge in [-0.3, -0.25) is 0 Å². The van der Waals surface area contributed by atoms with E-state index in [2.05, 4.69) is 5.32 Å². The SMILES string of the molecule is CNC(c1ccc(F)cc1C)c1cc(Cl)cc2c1OCC2. The van der Waals surface area contributed by atoms with E-state index in [-0.39, 0.29) is 11.9 Å². The molecule has 0 radical (unpaired) electrons. The molecule has 3 rings (SSSR count). The molecule has 0 amide bonds. The molecule has 0 aliphatic carbocycles. The van der Waals surface area contributed by atoms with Crippen LogP contribution in [-0.2, 0) is 6.42 Å². The smallest absolute Gasteiger partial charge is 0.127 e. The molecule has 1 unspecified atom stereocenters. The summed E-state index contributed by atoms with van der Waals surface area (Å²) in [6.07, 6.45) is 0.877. The van der Waals surface area contributed by atoms with Gasteiger partial charge in [0.2, 0.25) is 0 Å². The van der Waals surface area contributed by atoms with Crippen LogP contribution in [0.15, 0.2) is 30.3 Å². The molecule has 1 atom stereocenters. The Bertz CT molecular complexity index is 687. The van der Waals surface area contributed by atoms with Crippen LogP contribution in [0.2, 0.25) is 5.02 Å². The highest BCUT2D eigenvalue weighted by molar-refractivity contribution is 6.30. The third-order valence-electron chi connectivity index (χ3n) is 3.92. The van der Waals surface area contributed by atoms with Crippen LogP contribution < -0.4 is 10.1 Å². The van der Waals surface area contributed by atoms with Crippen molar-refractivity contribution < 1.29 is 9.13 Å². The predicted octanol–water partition coefficient (Wildman–Crippen LogP) is 4.03. The number of hydrogen-bond donors (Lipinski definition) is 1. The number of ether oxygens (including phenoxy) is 1. The van der Waals surface area contributed by atoms with Gasteiger partial charge < -0.3 is 10.1 Å². The third kappa shape index (κ3) is 2.63. The van der Waals surface area contributed by atoms with Crippen molar-refractivity contribution in [3.05, 3.63) is 63.4 Å². The molecule has 4 heteroatoms. The Hall–Kier alpha value is -1.58. The summed E-state index contributed by atoms with van der Waals surface area (Å²) in [6, 6.07) is 8.65. The molecule has 0 fully saturated rings. The Morgan fingerprint density at radius 3 is 2.76 bits per heavy atom. The van der Waals surface area contributed by atoms with Crippen LogP contribution in [0.5, 0.6) is 5.75 Å². The Kier molecular flexibility index (Phi) is 3.87. The summed E-state index contributed by atoms with van der Waals surface area (Å²) in [5.41, 5.74) is 4.07. The van der Waals surface area contributed by atoms with Gasteiger partial charge in [-0.05, 0) is 54.9 Å². The van der Waals surface area contributed by atoms with Crippen LogP contribution >= 0.6 is 11.6 Å². The summed E-state index contributed by atoms with van der Waals surface area (Å²) in [5.74, 6) is 0.682. The van der Waals surface area contributed by atoms with E-state index < -0.39 is 0 Å². The third-order valence-corrected chi connectivity index (χ3v) is 4.14. The largest absolute Gasteiger partial charge is 0.493 e. The van der Waals surface area contributed by atoms with Gasteiger partial charge in [-0.15, -0.1) is 0 Å². The normalized spacial score (nSPS) is 14.7. The minimum atomic E-state index is -0.223. The molecule has 1 aliphatic rings. The Labute approximate surface area is 128 Å². The summed E-state index contributed by atoms with van der Waals surface area (Å²) in [4.78, 5) is 0. The fourth-order valence-corrected chi connectivity index (χ4v) is 3.20. The second-order valence-corrected chi connectivity index (χ2v) is 5.74. The summed E-state index contributed by atoms with van der Waals surface area (Å²) >= 11 is 6.24. The quantitative estimate of drug-likeness (QED) is 0.924. The van der Waals surface area contributed by atoms with Crippen molar-refractivity contribution in [1.82, 2.24) is 5.32 Å². The second-order valence-electron chi connectivity index (χ2n) is 5.30. The molecule has 1 N–H and O–H groups in total. The zero-order valence-corrected chi connectivity index (χ0v) is 12.8. The zero-order valence-electron chi connectivity index (χ0n) is 12.0. The summed E-state index contributed by atoms with van der Waals surface area (Å²) < 4.78 is 19.1. The minimum absolute atomic E-state index is 0.0730. The molecule has 0 saturated heterocycles. The minimum Gasteiger partial charge on any atom is -0.493 e. The number of benzene rings is 2. The molecule has 2 aromatic rings. The first-order chi connectivity index (χ1) is 10.1. The lowest BCUT2D eigenvalue weighted by Gasteiger charge is -2.22. The van der Waals surface area contributed by atoms with Crippen LogP contribution in [0, 0.1) is 12.7 Å². The maximum atomic E-state index is 13.3. The van der Waals surface area contributed by atoms with Crippen LogP contribution in [0.3, 0.4) is 0 Å². The highest BCUT2D eigenvalue weighted by Crippen LogP contribution is 2.39. The number of rotatable bonds is 3. The molecule has 2 aromatic carbocycles. The second kappa shape index (κ2) is 5.66. The molecular formula is C17H17ClFNO. The molecule has 0 bridgehead atoms. The standard InChI is InChI=1S/C17H17ClFNO/c1-10-7-13(19)3-4-14(10)16(20-2)15-9-12(18)8-11-5-6-21-17(11)15/h3-4,7-9,16,20H,5-6H2,1-2H3. The van der Waals surface area contributed by atoms with Gasteiger partial charge in [0.05, 0.1) is 12.6 Å². The summed E-state index contributed by atoms with van der Waals surface area (Å²) in [6.45, 7) is 2.59. The van der Waals surface area contributed by atoms with Crippen LogP contribution in [0.1, 0.15) is 28.3 Å². The Morgan fingerprint density at radius 2 is 2.05 bits per heavy atom. The average Bonchev–Trinajstić information content (AvgIpc) is 2.89. The molecule has 2 nitrogen and oxygen atoms in total. The predicted molar refractivity (Wildman–Crippen MR) is 82.7 cm³/mol. The maximum Gasteiger partial charge on any atom is 0.127 e. The van der Waals surface area contributed by atoms with E-state index in [1.54, 1.807) is 6.07 Å². The van der Waals surface area contributed by atoms with Crippen molar-refractivity contribution in [3.8, 4) is 5.75 Å². The topological polar surface area (TPSA) is 21.3 Å². The van der Waals surface area contributed by atoms with E-state index in [1.165, 1.54) is 6.07 Å². The molecular weight excluding hydrogens is 289 g/mol. The van der Waals surface area contributed by atoms with Crippen molar-refractivity contribution in [2.75, 3.05) is 13.7 Å². The van der Waals surface area contributed by atoms with Gasteiger partial charge in [-0.25, -0.2) is 4.39 Å². The fourth-order valence-electron chi connectivity index (χ4n) is 2.95. The van der Waals surface area contributed by atoms with Crippen molar-refractivity contribution in [1.29, 1.82) is 0 Å². The van der Waals surface area contributed by atoms with Gasteiger partial charge >= 0.3 is 0 Å². The Morgan fingerprint density at radius 1 is 1.24 bits per heavy atom. The summed E-state index contributed by atoms with van der Waals surface area (Å²) in [5, 5.41) is 3.99. The van der Waals surface area contributed by atoms with Gasteiger partial charge in [0.15, 0.2) is 0 Å². The van der Waals surface area contributed by atoms with Crippen LogP contribution in [0.4, 0.5) is 4.39 Å². The van der Waals surface area contributed by atoms with Crippen LogP contribution in [-0.4, -0.2) is 13.7 Å². The lowest BCUT2D eigenvalue weighted by molar-refractivity contribution is 0.351. The average molecular weight is 306 g/mol. The molecule has 0 saturated carbocycles. The number of fused-ring (bicyclic) bond motifs is 1. The van der Waals surface area contributed by atoms with Gasteiger partial charge in [-0.1, -0.05) is 17.7 Å². The van der Waals surface area contributed by atoms with Gasteiger partial charge in [0, 0.05) is 17.0 Å². The first-order valence-electron chi connectivity index (χ1n) is 6.98. The van der Waals surface area contributed by atoms with Crippen molar-refractivity contribution in [3.63, 3.8) is 0 Å². The van der Waals surface area contributed by atoms with E-state index >= 15 is 0 Å². The van der Waals surface area contributed by atoms with E-state index in [4.69, 9.17) is 16.3 Å². The first-order valence-corrected chi connectivity index (χ1v) is 7.36. The van der Waals surface area contributed by atoms with Crippen molar-refractivity contribution in [2.24, 2.45) is 0 Å². The summed E-state index contributed by atoms with van der Waals surface area (Å²) in [7, 11) is 1.88. The molecule has 1 heterocycles. The lowest BCUT2D eigenvalue weighted by atomic mass is 9.93. The lowest BCUT2D eigenvalue weighted by Crippen LogP contribution is -2.19. The van der Waals surface area contributed by atoms with E-state index in [0.717, 1.165) is 34.4 Å². The molecule has 1 aliphatic heterocycles. The first kappa shape index (κ1) is 14.4. The highest BCUT2D eigenvalue weighted by Gasteiger charge is 2.24. The van der Waals surface area contributed by atoms with E-state index in [1.807, 2.05) is 32.2 Å². The number of hydrogen-bond acceptors (Lipinski definition) is 2. The van der Waals surface area contributed by atoms with E-state index in [9.17, 15) is 4.39 Å². The van der Waals surface area contributed by atoms with Crippen LogP contribution in [0.25, 0.3) is 0 Å². The maximum absolute atomic E-state index is 13.3. The number of aryl methyl sites for hydroxylation is 1. The monoisotopic (exact) mass is 305 g/mol. The fraction of sp³-hybridized carbons (Fsp3) is 0.294. The molecule has 0 spiro atoms. The Balaban J connectivity index is 2.13. The molecule has 110 valence electrons. The van der Waals surface area contributed by atoms with Gasteiger partial charge in [0.25, 0.3) is 0 Å². The molecule has 21 heavy (non-hydrogen) atoms. The van der Waals surface area contributed by atoms with Gasteiger partial charge in [0.1, 0.15) is 11.6 Å². The number of nitrogens with one attached hydrogen (secondary N) is 1. The zero-order chi connectivity index (χ0) is 15.0. The number of halogens is 2. The molecule has 0 aromatic heterocycles. The van der Waals surface area contributed by atoms with Crippen molar-refractivity contribution in [2.45, 2.75) is 19.4 Å². The van der Waals surface area contributed by atoms with Gasteiger partial charge in [-0.2, -0.15) is 0 Å². The highest BCUT2D eigenvalue weighted by atomic mass is 35.5. The van der Waals surface area contributed by atoms with Crippen molar-refractivity contribution >= 4 is 11.6 Å².